The predicted molar refractivity (Wildman–Crippen MR) is 104 cm³/mol. The average molecular weight is 378 g/mol. The van der Waals surface area contributed by atoms with Crippen LogP contribution in [-0.2, 0) is 9.59 Å². The Hall–Kier alpha value is -3.15. The van der Waals surface area contributed by atoms with E-state index >= 15 is 0 Å². The molecule has 6 heteroatoms. The summed E-state index contributed by atoms with van der Waals surface area (Å²) in [4.78, 5) is 31.8. The molecule has 0 radical (unpaired) electrons. The number of carbonyl (C=O) groups excluding carboxylic acids is 2. The Balaban J connectivity index is 1.91. The maximum Gasteiger partial charge on any atom is 0.295 e. The number of pyridine rings is 1. The number of nitrogens with zero attached hydrogens (tertiary/aromatic N) is 2. The molecule has 1 saturated carbocycles. The van der Waals surface area contributed by atoms with Crippen molar-refractivity contribution < 1.29 is 19.4 Å². The average Bonchev–Trinajstić information content (AvgIpc) is 3.35. The molecule has 1 amide bonds. The molecule has 4 rings (SSSR count). The number of para-hydroxylation sites is 1. The molecular formula is C22H22N2O4. The van der Waals surface area contributed by atoms with Gasteiger partial charge in [-0.15, -0.1) is 0 Å². The van der Waals surface area contributed by atoms with Gasteiger partial charge in [0.25, 0.3) is 11.7 Å². The molecule has 1 aromatic carbocycles. The van der Waals surface area contributed by atoms with Crippen LogP contribution in [0.25, 0.3) is 5.76 Å². The van der Waals surface area contributed by atoms with E-state index in [0.29, 0.717) is 16.9 Å². The number of ether oxygens (including phenoxy) is 1. The SMILES string of the molecule is COc1ccccc1/C(O)=C1/C(=O)C(=O)N(C2CCCC2)C1c1cccnc1. The van der Waals surface area contributed by atoms with Crippen molar-refractivity contribution in [3.8, 4) is 5.75 Å². The van der Waals surface area contributed by atoms with Gasteiger partial charge < -0.3 is 14.7 Å². The lowest BCUT2D eigenvalue weighted by Crippen LogP contribution is -2.37. The zero-order chi connectivity index (χ0) is 19.7. The van der Waals surface area contributed by atoms with Gasteiger partial charge in [0.05, 0.1) is 24.3 Å². The zero-order valence-corrected chi connectivity index (χ0v) is 15.7. The van der Waals surface area contributed by atoms with Crippen LogP contribution in [-0.4, -0.2) is 39.8 Å². The number of benzene rings is 1. The molecule has 1 unspecified atom stereocenters. The minimum atomic E-state index is -0.663. The number of Topliss-reactive ketones (excluding diaryl/α,β-unsaturated/α-hetero) is 1. The summed E-state index contributed by atoms with van der Waals surface area (Å²) >= 11 is 0. The Kier molecular flexibility index (Phi) is 4.86. The highest BCUT2D eigenvalue weighted by atomic mass is 16.5. The summed E-state index contributed by atoms with van der Waals surface area (Å²) in [5.41, 5.74) is 1.20. The normalized spacial score (nSPS) is 22.0. The molecule has 0 bridgehead atoms. The molecule has 1 aliphatic heterocycles. The van der Waals surface area contributed by atoms with Crippen LogP contribution in [0.2, 0.25) is 0 Å². The third kappa shape index (κ3) is 2.95. The van der Waals surface area contributed by atoms with E-state index in [1.54, 1.807) is 47.6 Å². The van der Waals surface area contributed by atoms with Crippen LogP contribution < -0.4 is 4.74 Å². The first-order valence-electron chi connectivity index (χ1n) is 9.47. The van der Waals surface area contributed by atoms with Crippen molar-refractivity contribution >= 4 is 17.4 Å². The highest BCUT2D eigenvalue weighted by Gasteiger charge is 2.49. The Bertz CT molecular complexity index is 933. The van der Waals surface area contributed by atoms with Gasteiger partial charge in [-0.1, -0.05) is 31.0 Å². The highest BCUT2D eigenvalue weighted by molar-refractivity contribution is 6.46. The Morgan fingerprint density at radius 1 is 1.14 bits per heavy atom. The van der Waals surface area contributed by atoms with Gasteiger partial charge in [-0.05, 0) is 36.6 Å². The summed E-state index contributed by atoms with van der Waals surface area (Å²) < 4.78 is 5.34. The molecule has 144 valence electrons. The van der Waals surface area contributed by atoms with E-state index in [2.05, 4.69) is 4.98 Å². The molecule has 0 spiro atoms. The van der Waals surface area contributed by atoms with Crippen LogP contribution in [0.4, 0.5) is 0 Å². The summed E-state index contributed by atoms with van der Waals surface area (Å²) in [6, 6.07) is 9.87. The third-order valence-electron chi connectivity index (χ3n) is 5.56. The first kappa shape index (κ1) is 18.2. The van der Waals surface area contributed by atoms with Gasteiger partial charge in [0.15, 0.2) is 0 Å². The first-order valence-corrected chi connectivity index (χ1v) is 9.47. The number of methoxy groups -OCH3 is 1. The second kappa shape index (κ2) is 7.46. The molecule has 2 fully saturated rings. The van der Waals surface area contributed by atoms with Crippen LogP contribution in [0.1, 0.15) is 42.9 Å². The molecule has 1 N–H and O–H groups in total. The summed E-state index contributed by atoms with van der Waals surface area (Å²) in [6.07, 6.45) is 7.07. The molecule has 6 nitrogen and oxygen atoms in total. The molecule has 1 aliphatic carbocycles. The van der Waals surface area contributed by atoms with Crippen molar-refractivity contribution in [1.29, 1.82) is 0 Å². The highest BCUT2D eigenvalue weighted by Crippen LogP contribution is 2.44. The van der Waals surface area contributed by atoms with Crippen molar-refractivity contribution in [3.05, 3.63) is 65.5 Å². The number of aromatic nitrogens is 1. The van der Waals surface area contributed by atoms with E-state index in [4.69, 9.17) is 4.74 Å². The van der Waals surface area contributed by atoms with Crippen LogP contribution in [0, 0.1) is 0 Å². The first-order chi connectivity index (χ1) is 13.6. The summed E-state index contributed by atoms with van der Waals surface area (Å²) in [7, 11) is 1.50. The second-order valence-electron chi connectivity index (χ2n) is 7.13. The lowest BCUT2D eigenvalue weighted by molar-refractivity contribution is -0.141. The van der Waals surface area contributed by atoms with Gasteiger partial charge in [-0.2, -0.15) is 0 Å². The maximum absolute atomic E-state index is 13.0. The van der Waals surface area contributed by atoms with Crippen LogP contribution in [0.5, 0.6) is 5.75 Å². The fourth-order valence-corrected chi connectivity index (χ4v) is 4.26. The molecule has 28 heavy (non-hydrogen) atoms. The fourth-order valence-electron chi connectivity index (χ4n) is 4.26. The van der Waals surface area contributed by atoms with Gasteiger partial charge in [0.2, 0.25) is 0 Å². The van der Waals surface area contributed by atoms with Gasteiger partial charge in [-0.25, -0.2) is 0 Å². The molecule has 1 aromatic heterocycles. The van der Waals surface area contributed by atoms with E-state index in [0.717, 1.165) is 25.7 Å². The minimum Gasteiger partial charge on any atom is -0.507 e. The van der Waals surface area contributed by atoms with Crippen LogP contribution in [0.15, 0.2) is 54.4 Å². The third-order valence-corrected chi connectivity index (χ3v) is 5.56. The van der Waals surface area contributed by atoms with Crippen LogP contribution >= 0.6 is 0 Å². The quantitative estimate of drug-likeness (QED) is 0.501. The smallest absolute Gasteiger partial charge is 0.295 e. The number of carbonyl (C=O) groups is 2. The van der Waals surface area contributed by atoms with E-state index in [1.165, 1.54) is 7.11 Å². The van der Waals surface area contributed by atoms with E-state index in [9.17, 15) is 14.7 Å². The van der Waals surface area contributed by atoms with E-state index in [1.807, 2.05) is 6.07 Å². The number of hydrogen-bond acceptors (Lipinski definition) is 5. The Morgan fingerprint density at radius 2 is 1.89 bits per heavy atom. The summed E-state index contributed by atoms with van der Waals surface area (Å²) in [6.45, 7) is 0. The number of ketones is 1. The predicted octanol–water partition coefficient (Wildman–Crippen LogP) is 3.45. The van der Waals surface area contributed by atoms with Gasteiger partial charge in [-0.3, -0.25) is 14.6 Å². The van der Waals surface area contributed by atoms with E-state index < -0.39 is 17.7 Å². The standard InChI is InChI=1S/C22H22N2O4/c1-28-17-11-5-4-10-16(17)20(25)18-19(14-7-6-12-23-13-14)24(22(27)21(18)26)15-8-2-3-9-15/h4-7,10-13,15,19,25H,2-3,8-9H2,1H3/b20-18-. The van der Waals surface area contributed by atoms with E-state index in [-0.39, 0.29) is 17.4 Å². The number of hydrogen-bond donors (Lipinski definition) is 1. The van der Waals surface area contributed by atoms with Gasteiger partial charge in [0.1, 0.15) is 11.5 Å². The fraction of sp³-hybridized carbons (Fsp3) is 0.318. The Labute approximate surface area is 163 Å². The van der Waals surface area contributed by atoms with Gasteiger partial charge in [0, 0.05) is 18.4 Å². The number of aliphatic hydroxyl groups is 1. The number of likely N-dealkylation sites (tertiary alicyclic amines) is 1. The van der Waals surface area contributed by atoms with Crippen molar-refractivity contribution in [2.75, 3.05) is 7.11 Å². The zero-order valence-electron chi connectivity index (χ0n) is 15.7. The van der Waals surface area contributed by atoms with Crippen molar-refractivity contribution in [2.24, 2.45) is 0 Å². The Morgan fingerprint density at radius 3 is 2.57 bits per heavy atom. The molecule has 1 atom stereocenters. The lowest BCUT2D eigenvalue weighted by Gasteiger charge is -2.30. The molecule has 2 aromatic rings. The number of amides is 1. The molecule has 1 saturated heterocycles. The number of aliphatic hydroxyl groups excluding tert-OH is 1. The molecule has 2 heterocycles. The second-order valence-corrected chi connectivity index (χ2v) is 7.13. The summed E-state index contributed by atoms with van der Waals surface area (Å²) in [5, 5.41) is 11.1. The van der Waals surface area contributed by atoms with Gasteiger partial charge >= 0.3 is 0 Å². The molecule has 2 aliphatic rings. The van der Waals surface area contributed by atoms with Crippen molar-refractivity contribution in [2.45, 2.75) is 37.8 Å². The van der Waals surface area contributed by atoms with Crippen molar-refractivity contribution in [3.63, 3.8) is 0 Å². The topological polar surface area (TPSA) is 79.7 Å². The largest absolute Gasteiger partial charge is 0.507 e. The number of rotatable bonds is 4. The molecular weight excluding hydrogens is 356 g/mol. The van der Waals surface area contributed by atoms with Crippen molar-refractivity contribution in [1.82, 2.24) is 9.88 Å². The van der Waals surface area contributed by atoms with Crippen LogP contribution in [0.3, 0.4) is 0 Å². The minimum absolute atomic E-state index is 0.00961. The maximum atomic E-state index is 13.0. The summed E-state index contributed by atoms with van der Waals surface area (Å²) in [5.74, 6) is -0.997. The lowest BCUT2D eigenvalue weighted by atomic mass is 9.95. The monoisotopic (exact) mass is 378 g/mol.